The maximum Gasteiger partial charge on any atom is 0.310 e. The summed E-state index contributed by atoms with van der Waals surface area (Å²) >= 11 is 0. The first-order valence-corrected chi connectivity index (χ1v) is 14.5. The minimum absolute atomic E-state index is 0.0419. The number of carbonyl (C=O) groups is 2. The van der Waals surface area contributed by atoms with Crippen molar-refractivity contribution >= 4 is 29.4 Å². The zero-order chi connectivity index (χ0) is 30.5. The van der Waals surface area contributed by atoms with Gasteiger partial charge in [0.05, 0.1) is 46.4 Å². The molecule has 2 aliphatic heterocycles. The van der Waals surface area contributed by atoms with Crippen molar-refractivity contribution in [1.82, 2.24) is 15.3 Å². The lowest BCUT2D eigenvalue weighted by atomic mass is 9.98. The molecule has 2 atom stereocenters. The zero-order valence-electron chi connectivity index (χ0n) is 25.7. The summed E-state index contributed by atoms with van der Waals surface area (Å²) in [6.45, 7) is 9.77. The Balaban J connectivity index is 0.000000369. The van der Waals surface area contributed by atoms with Crippen molar-refractivity contribution in [3.63, 3.8) is 0 Å². The molecule has 0 saturated carbocycles. The van der Waals surface area contributed by atoms with Crippen LogP contribution in [-0.2, 0) is 19.1 Å². The van der Waals surface area contributed by atoms with E-state index in [1.807, 2.05) is 20.8 Å². The Labute approximate surface area is 248 Å². The van der Waals surface area contributed by atoms with Crippen LogP contribution < -0.4 is 29.7 Å². The van der Waals surface area contributed by atoms with Gasteiger partial charge < -0.3 is 39.2 Å². The second kappa shape index (κ2) is 16.6. The van der Waals surface area contributed by atoms with E-state index in [0.717, 1.165) is 56.7 Å². The van der Waals surface area contributed by atoms with Crippen molar-refractivity contribution in [3.8, 4) is 17.2 Å². The fraction of sp³-hybridized carbons (Fsp3) is 0.600. The summed E-state index contributed by atoms with van der Waals surface area (Å²) in [6.07, 6.45) is 5.57. The molecule has 2 fully saturated rings. The molecule has 42 heavy (non-hydrogen) atoms. The zero-order valence-corrected chi connectivity index (χ0v) is 25.7. The number of benzene rings is 1. The number of hydrogen-bond donors (Lipinski definition) is 2. The van der Waals surface area contributed by atoms with E-state index in [1.54, 1.807) is 39.7 Å². The van der Waals surface area contributed by atoms with E-state index in [2.05, 4.69) is 20.5 Å². The molecule has 2 aromatic rings. The standard InChI is InChI=1S/C22H30N4O5.C8H15NO2/c1-6-31-21(27)15-8-7-9-26(13-15)20-14(2)12-23-22(25-20)24-16-10-17(28-3)19(30-5)18(11-16)29-4;1-2-11-8(10)7-4-3-5-9-6-7/h10-12,15H,6-9,13H2,1-5H3,(H,23,24,25);7,9H,2-6H2,1H3. The highest BCUT2D eigenvalue weighted by atomic mass is 16.5. The molecule has 0 radical (unpaired) electrons. The summed E-state index contributed by atoms with van der Waals surface area (Å²) in [4.78, 5) is 34.6. The number of rotatable bonds is 10. The maximum atomic E-state index is 12.2. The fourth-order valence-corrected chi connectivity index (χ4v) is 5.03. The largest absolute Gasteiger partial charge is 0.493 e. The van der Waals surface area contributed by atoms with Crippen molar-refractivity contribution in [1.29, 1.82) is 0 Å². The van der Waals surface area contributed by atoms with Crippen LogP contribution in [0.4, 0.5) is 17.5 Å². The summed E-state index contributed by atoms with van der Waals surface area (Å²) in [7, 11) is 4.70. The smallest absolute Gasteiger partial charge is 0.310 e. The molecule has 2 N–H and O–H groups in total. The fourth-order valence-electron chi connectivity index (χ4n) is 5.03. The molecule has 1 aromatic heterocycles. The van der Waals surface area contributed by atoms with Crippen LogP contribution in [0.25, 0.3) is 0 Å². The van der Waals surface area contributed by atoms with Gasteiger partial charge in [-0.05, 0) is 53.0 Å². The summed E-state index contributed by atoms with van der Waals surface area (Å²) in [5.74, 6) is 2.59. The molecule has 3 heterocycles. The van der Waals surface area contributed by atoms with Crippen LogP contribution in [0.15, 0.2) is 18.3 Å². The Kier molecular flexibility index (Phi) is 12.9. The van der Waals surface area contributed by atoms with Crippen LogP contribution >= 0.6 is 0 Å². The molecule has 0 amide bonds. The average Bonchev–Trinajstić information content (AvgIpc) is 3.02. The van der Waals surface area contributed by atoms with E-state index in [9.17, 15) is 9.59 Å². The van der Waals surface area contributed by atoms with Gasteiger partial charge in [0.15, 0.2) is 11.5 Å². The molecular formula is C30H45N5O7. The number of anilines is 3. The van der Waals surface area contributed by atoms with Crippen molar-refractivity contribution < 1.29 is 33.3 Å². The molecule has 0 bridgehead atoms. The van der Waals surface area contributed by atoms with Gasteiger partial charge in [0.25, 0.3) is 0 Å². The molecular weight excluding hydrogens is 542 g/mol. The van der Waals surface area contributed by atoms with E-state index in [0.29, 0.717) is 48.6 Å². The minimum Gasteiger partial charge on any atom is -0.493 e. The van der Waals surface area contributed by atoms with Gasteiger partial charge in [-0.1, -0.05) is 0 Å². The molecule has 1 aromatic carbocycles. The van der Waals surface area contributed by atoms with Gasteiger partial charge in [0, 0.05) is 49.2 Å². The van der Waals surface area contributed by atoms with Gasteiger partial charge in [-0.2, -0.15) is 4.98 Å². The number of ether oxygens (including phenoxy) is 5. The number of esters is 2. The minimum atomic E-state index is -0.144. The highest BCUT2D eigenvalue weighted by Gasteiger charge is 2.28. The Morgan fingerprint density at radius 2 is 1.62 bits per heavy atom. The number of carbonyl (C=O) groups excluding carboxylic acids is 2. The van der Waals surface area contributed by atoms with Gasteiger partial charge in [0.1, 0.15) is 5.82 Å². The molecule has 2 unspecified atom stereocenters. The number of nitrogens with zero attached hydrogens (tertiary/aromatic N) is 3. The lowest BCUT2D eigenvalue weighted by molar-refractivity contribution is -0.149. The quantitative estimate of drug-likeness (QED) is 0.391. The number of hydrogen-bond acceptors (Lipinski definition) is 12. The van der Waals surface area contributed by atoms with Crippen molar-refractivity contribution in [2.75, 3.05) is 70.9 Å². The van der Waals surface area contributed by atoms with Gasteiger partial charge in [-0.3, -0.25) is 9.59 Å². The van der Waals surface area contributed by atoms with Crippen molar-refractivity contribution in [3.05, 3.63) is 23.9 Å². The molecule has 0 spiro atoms. The predicted molar refractivity (Wildman–Crippen MR) is 160 cm³/mol. The average molecular weight is 588 g/mol. The predicted octanol–water partition coefficient (Wildman–Crippen LogP) is 3.88. The summed E-state index contributed by atoms with van der Waals surface area (Å²) in [5, 5.41) is 6.38. The first-order valence-electron chi connectivity index (χ1n) is 14.5. The van der Waals surface area contributed by atoms with E-state index in [1.165, 1.54) is 0 Å². The van der Waals surface area contributed by atoms with E-state index in [4.69, 9.17) is 28.7 Å². The third kappa shape index (κ3) is 8.85. The van der Waals surface area contributed by atoms with Gasteiger partial charge >= 0.3 is 11.9 Å². The van der Waals surface area contributed by atoms with E-state index < -0.39 is 0 Å². The van der Waals surface area contributed by atoms with Crippen LogP contribution in [0.2, 0.25) is 0 Å². The Hall–Kier alpha value is -3.80. The number of nitrogens with one attached hydrogen (secondary N) is 2. The summed E-state index contributed by atoms with van der Waals surface area (Å²) < 4.78 is 26.3. The summed E-state index contributed by atoms with van der Waals surface area (Å²) in [6, 6.07) is 3.59. The molecule has 4 rings (SSSR count). The molecule has 2 saturated heterocycles. The molecule has 2 aliphatic rings. The van der Waals surface area contributed by atoms with E-state index in [-0.39, 0.29) is 23.8 Å². The lowest BCUT2D eigenvalue weighted by Crippen LogP contribution is -2.40. The number of methoxy groups -OCH3 is 3. The van der Waals surface area contributed by atoms with Crippen LogP contribution in [0.5, 0.6) is 17.2 Å². The number of piperidine rings is 2. The second-order valence-electron chi connectivity index (χ2n) is 10.1. The number of aryl methyl sites for hydroxylation is 1. The van der Waals surface area contributed by atoms with Crippen LogP contribution in [0.1, 0.15) is 45.1 Å². The number of aromatic nitrogens is 2. The highest BCUT2D eigenvalue weighted by Crippen LogP contribution is 2.40. The van der Waals surface area contributed by atoms with Gasteiger partial charge in [-0.15, -0.1) is 0 Å². The molecule has 0 aliphatic carbocycles. The Morgan fingerprint density at radius 1 is 0.976 bits per heavy atom. The third-order valence-electron chi connectivity index (χ3n) is 7.12. The first kappa shape index (κ1) is 32.7. The highest BCUT2D eigenvalue weighted by molar-refractivity contribution is 5.74. The summed E-state index contributed by atoms with van der Waals surface area (Å²) in [5.41, 5.74) is 1.65. The first-order chi connectivity index (χ1) is 20.3. The second-order valence-corrected chi connectivity index (χ2v) is 10.1. The van der Waals surface area contributed by atoms with Crippen LogP contribution in [0.3, 0.4) is 0 Å². The lowest BCUT2D eigenvalue weighted by Gasteiger charge is -2.33. The maximum absolute atomic E-state index is 12.2. The van der Waals surface area contributed by atoms with E-state index >= 15 is 0 Å². The van der Waals surface area contributed by atoms with Gasteiger partial charge in [0.2, 0.25) is 11.7 Å². The SMILES string of the molecule is CCOC(=O)C1CCCN(c2nc(Nc3cc(OC)c(OC)c(OC)c3)ncc2C)C1.CCOC(=O)C1CCCNC1. The van der Waals surface area contributed by atoms with Crippen molar-refractivity contribution in [2.24, 2.45) is 11.8 Å². The van der Waals surface area contributed by atoms with Crippen LogP contribution in [0, 0.1) is 18.8 Å². The van der Waals surface area contributed by atoms with Gasteiger partial charge in [-0.25, -0.2) is 4.98 Å². The molecule has 12 heteroatoms. The topological polar surface area (TPSA) is 133 Å². The Morgan fingerprint density at radius 3 is 2.19 bits per heavy atom. The normalized spacial score (nSPS) is 18.2. The molecule has 12 nitrogen and oxygen atoms in total. The monoisotopic (exact) mass is 587 g/mol. The Bertz CT molecular complexity index is 1150. The van der Waals surface area contributed by atoms with Crippen LogP contribution in [-0.4, -0.2) is 82.6 Å². The van der Waals surface area contributed by atoms with Crippen molar-refractivity contribution in [2.45, 2.75) is 46.5 Å². The third-order valence-corrected chi connectivity index (χ3v) is 7.12. The molecule has 232 valence electrons.